The maximum Gasteiger partial charge on any atom is 0.239 e. The van der Waals surface area contributed by atoms with E-state index in [1.54, 1.807) is 7.05 Å². The molecular weight excluding hydrogens is 280 g/mol. The highest BCUT2D eigenvalue weighted by Gasteiger charge is 2.22. The molecule has 7 heteroatoms. The SMILES string of the molecule is CCCNC(=O)CN(C)C(=O)CN1CCNC[C@H]1C.Cl. The zero-order valence-electron chi connectivity index (χ0n) is 12.6. The zero-order valence-corrected chi connectivity index (χ0v) is 13.5. The van der Waals surface area contributed by atoms with E-state index in [0.29, 0.717) is 19.1 Å². The Morgan fingerprint density at radius 3 is 2.75 bits per heavy atom. The molecule has 0 unspecified atom stereocenters. The second kappa shape index (κ2) is 9.96. The summed E-state index contributed by atoms with van der Waals surface area (Å²) in [6.07, 6.45) is 0.904. The summed E-state index contributed by atoms with van der Waals surface area (Å²) >= 11 is 0. The van der Waals surface area contributed by atoms with Crippen molar-refractivity contribution >= 4 is 24.2 Å². The van der Waals surface area contributed by atoms with Crippen molar-refractivity contribution in [3.8, 4) is 0 Å². The molecule has 0 bridgehead atoms. The largest absolute Gasteiger partial charge is 0.355 e. The highest BCUT2D eigenvalue weighted by atomic mass is 35.5. The number of rotatable bonds is 6. The summed E-state index contributed by atoms with van der Waals surface area (Å²) in [6, 6.07) is 0.361. The van der Waals surface area contributed by atoms with Gasteiger partial charge in [0, 0.05) is 39.3 Å². The predicted octanol–water partition coefficient (Wildman–Crippen LogP) is -0.313. The average Bonchev–Trinajstić information content (AvgIpc) is 2.38. The van der Waals surface area contributed by atoms with Crippen LogP contribution in [0.4, 0.5) is 0 Å². The van der Waals surface area contributed by atoms with Crippen molar-refractivity contribution in [3.63, 3.8) is 0 Å². The summed E-state index contributed by atoms with van der Waals surface area (Å²) in [6.45, 7) is 8.00. The molecule has 1 aliphatic heterocycles. The molecule has 1 rings (SSSR count). The lowest BCUT2D eigenvalue weighted by Gasteiger charge is -2.34. The Labute approximate surface area is 127 Å². The number of hydrogen-bond acceptors (Lipinski definition) is 4. The van der Waals surface area contributed by atoms with Crippen molar-refractivity contribution in [2.45, 2.75) is 26.3 Å². The topological polar surface area (TPSA) is 64.7 Å². The van der Waals surface area contributed by atoms with Crippen LogP contribution in [0.3, 0.4) is 0 Å². The van der Waals surface area contributed by atoms with Gasteiger partial charge in [-0.3, -0.25) is 14.5 Å². The van der Waals surface area contributed by atoms with Gasteiger partial charge in [-0.15, -0.1) is 12.4 Å². The molecule has 6 nitrogen and oxygen atoms in total. The Balaban J connectivity index is 0.00000361. The summed E-state index contributed by atoms with van der Waals surface area (Å²) in [4.78, 5) is 27.2. The lowest BCUT2D eigenvalue weighted by molar-refractivity contribution is -0.136. The first-order valence-electron chi connectivity index (χ1n) is 7.00. The van der Waals surface area contributed by atoms with E-state index in [0.717, 1.165) is 26.1 Å². The molecule has 1 atom stereocenters. The van der Waals surface area contributed by atoms with E-state index in [1.165, 1.54) is 4.90 Å². The predicted molar refractivity (Wildman–Crippen MR) is 82.1 cm³/mol. The van der Waals surface area contributed by atoms with Crippen LogP contribution >= 0.6 is 12.4 Å². The quantitative estimate of drug-likeness (QED) is 0.706. The van der Waals surface area contributed by atoms with Gasteiger partial charge in [0.25, 0.3) is 0 Å². The lowest BCUT2D eigenvalue weighted by atomic mass is 10.2. The van der Waals surface area contributed by atoms with Crippen LogP contribution in [-0.4, -0.2) is 74.0 Å². The van der Waals surface area contributed by atoms with Crippen LogP contribution in [0.15, 0.2) is 0 Å². The van der Waals surface area contributed by atoms with Gasteiger partial charge in [-0.1, -0.05) is 6.92 Å². The maximum atomic E-state index is 12.0. The third-order valence-corrected chi connectivity index (χ3v) is 3.36. The highest BCUT2D eigenvalue weighted by Crippen LogP contribution is 2.02. The minimum absolute atomic E-state index is 0. The molecule has 2 N–H and O–H groups in total. The molecule has 0 spiro atoms. The van der Waals surface area contributed by atoms with E-state index >= 15 is 0 Å². The van der Waals surface area contributed by atoms with E-state index in [4.69, 9.17) is 0 Å². The van der Waals surface area contributed by atoms with Gasteiger partial charge in [-0.05, 0) is 13.3 Å². The first-order chi connectivity index (χ1) is 9.04. The third-order valence-electron chi connectivity index (χ3n) is 3.36. The molecule has 0 aromatic carbocycles. The highest BCUT2D eigenvalue weighted by molar-refractivity contribution is 5.85. The minimum atomic E-state index is -0.0916. The summed E-state index contributed by atoms with van der Waals surface area (Å²) < 4.78 is 0. The zero-order chi connectivity index (χ0) is 14.3. The molecule has 2 amide bonds. The number of halogens is 1. The molecule has 1 heterocycles. The second-order valence-corrected chi connectivity index (χ2v) is 5.12. The van der Waals surface area contributed by atoms with Gasteiger partial charge >= 0.3 is 0 Å². The average molecular weight is 307 g/mol. The van der Waals surface area contributed by atoms with Crippen molar-refractivity contribution < 1.29 is 9.59 Å². The number of piperazine rings is 1. The summed E-state index contributed by atoms with van der Waals surface area (Å²) in [5.41, 5.74) is 0. The smallest absolute Gasteiger partial charge is 0.239 e. The summed E-state index contributed by atoms with van der Waals surface area (Å²) in [5, 5.41) is 6.07. The fourth-order valence-corrected chi connectivity index (χ4v) is 2.04. The van der Waals surface area contributed by atoms with Gasteiger partial charge in [0.05, 0.1) is 13.1 Å². The molecule has 118 valence electrons. The van der Waals surface area contributed by atoms with Gasteiger partial charge in [0.1, 0.15) is 0 Å². The van der Waals surface area contributed by atoms with Crippen LogP contribution in [0.1, 0.15) is 20.3 Å². The van der Waals surface area contributed by atoms with Gasteiger partial charge < -0.3 is 15.5 Å². The van der Waals surface area contributed by atoms with Crippen LogP contribution in [0.5, 0.6) is 0 Å². The standard InChI is InChI=1S/C13H26N4O2.ClH/c1-4-5-15-12(18)9-16(3)13(19)10-17-7-6-14-8-11(17)2;/h11,14H,4-10H2,1-3H3,(H,15,18);1H/t11-;/m1./s1. The van der Waals surface area contributed by atoms with Gasteiger partial charge in [0.15, 0.2) is 0 Å². The molecule has 0 aromatic heterocycles. The van der Waals surface area contributed by atoms with Crippen molar-refractivity contribution in [1.82, 2.24) is 20.4 Å². The maximum absolute atomic E-state index is 12.0. The van der Waals surface area contributed by atoms with Gasteiger partial charge in [0.2, 0.25) is 11.8 Å². The first-order valence-corrected chi connectivity index (χ1v) is 7.00. The van der Waals surface area contributed by atoms with E-state index in [1.807, 2.05) is 6.92 Å². The van der Waals surface area contributed by atoms with E-state index in [2.05, 4.69) is 22.5 Å². The van der Waals surface area contributed by atoms with E-state index < -0.39 is 0 Å². The first kappa shape index (κ1) is 19.1. The minimum Gasteiger partial charge on any atom is -0.355 e. The van der Waals surface area contributed by atoms with Crippen LogP contribution in [0, 0.1) is 0 Å². The Hall–Kier alpha value is -0.850. The molecule has 1 aliphatic rings. The number of amides is 2. The summed E-state index contributed by atoms with van der Waals surface area (Å²) in [7, 11) is 1.68. The molecule has 1 saturated heterocycles. The molecule has 20 heavy (non-hydrogen) atoms. The molecule has 0 radical (unpaired) electrons. The summed E-state index contributed by atoms with van der Waals surface area (Å²) in [5.74, 6) is -0.0912. The number of nitrogens with zero attached hydrogens (tertiary/aromatic N) is 2. The Morgan fingerprint density at radius 2 is 2.15 bits per heavy atom. The molecule has 0 aromatic rings. The van der Waals surface area contributed by atoms with Crippen molar-refractivity contribution in [2.75, 3.05) is 46.3 Å². The Bertz CT molecular complexity index is 315. The normalized spacial score (nSPS) is 19.1. The number of carbonyl (C=O) groups is 2. The number of hydrogen-bond donors (Lipinski definition) is 2. The van der Waals surface area contributed by atoms with Crippen molar-refractivity contribution in [2.24, 2.45) is 0 Å². The van der Waals surface area contributed by atoms with Gasteiger partial charge in [-0.25, -0.2) is 0 Å². The Kier molecular flexibility index (Phi) is 9.54. The monoisotopic (exact) mass is 306 g/mol. The Morgan fingerprint density at radius 1 is 1.45 bits per heavy atom. The number of carbonyl (C=O) groups excluding carboxylic acids is 2. The molecular formula is C13H27ClN4O2. The fourth-order valence-electron chi connectivity index (χ4n) is 2.04. The van der Waals surface area contributed by atoms with Crippen LogP contribution in [0.2, 0.25) is 0 Å². The van der Waals surface area contributed by atoms with Crippen LogP contribution < -0.4 is 10.6 Å². The molecule has 0 aliphatic carbocycles. The number of nitrogens with one attached hydrogen (secondary N) is 2. The van der Waals surface area contributed by atoms with Gasteiger partial charge in [-0.2, -0.15) is 0 Å². The number of likely N-dealkylation sites (N-methyl/N-ethyl adjacent to an activating group) is 1. The van der Waals surface area contributed by atoms with Crippen LogP contribution in [0.25, 0.3) is 0 Å². The second-order valence-electron chi connectivity index (χ2n) is 5.12. The fraction of sp³-hybridized carbons (Fsp3) is 0.846. The van der Waals surface area contributed by atoms with Crippen molar-refractivity contribution in [3.05, 3.63) is 0 Å². The molecule has 1 fully saturated rings. The lowest BCUT2D eigenvalue weighted by Crippen LogP contribution is -2.53. The van der Waals surface area contributed by atoms with Crippen LogP contribution in [-0.2, 0) is 9.59 Å². The molecule has 0 saturated carbocycles. The van der Waals surface area contributed by atoms with E-state index in [-0.39, 0.29) is 30.8 Å². The van der Waals surface area contributed by atoms with E-state index in [9.17, 15) is 9.59 Å². The third kappa shape index (κ3) is 6.54. The van der Waals surface area contributed by atoms with Crippen molar-refractivity contribution in [1.29, 1.82) is 0 Å².